The van der Waals surface area contributed by atoms with Gasteiger partial charge in [-0.2, -0.15) is 0 Å². The van der Waals surface area contributed by atoms with Gasteiger partial charge in [-0.3, -0.25) is 19.0 Å². The highest BCUT2D eigenvalue weighted by Gasteiger charge is 2.21. The van der Waals surface area contributed by atoms with Gasteiger partial charge in [0, 0.05) is 49.1 Å². The van der Waals surface area contributed by atoms with E-state index < -0.39 is 20.0 Å². The number of hydrogen-bond donors (Lipinski definition) is 3. The van der Waals surface area contributed by atoms with E-state index in [0.717, 1.165) is 10.6 Å². The summed E-state index contributed by atoms with van der Waals surface area (Å²) in [5.41, 5.74) is 9.81. The average molecular weight is 1050 g/mol. The number of pyridine rings is 1. The second-order valence-electron chi connectivity index (χ2n) is 16.2. The van der Waals surface area contributed by atoms with Crippen LogP contribution >= 0.6 is 35.0 Å². The monoisotopic (exact) mass is 1040 g/mol. The van der Waals surface area contributed by atoms with Crippen LogP contribution in [0.25, 0.3) is 0 Å². The van der Waals surface area contributed by atoms with E-state index in [4.69, 9.17) is 33.7 Å². The Morgan fingerprint density at radius 2 is 1.07 bits per heavy atom. The third kappa shape index (κ3) is 15.3. The van der Waals surface area contributed by atoms with Gasteiger partial charge in [0.15, 0.2) is 11.6 Å². The molecule has 7 aromatic carbocycles. The van der Waals surface area contributed by atoms with E-state index in [-0.39, 0.29) is 38.7 Å². The van der Waals surface area contributed by atoms with Crippen LogP contribution in [0.15, 0.2) is 214 Å². The number of ketones is 2. The maximum absolute atomic E-state index is 12.8. The molecule has 0 fully saturated rings. The molecular formula is C55H50Cl2N4O7S3. The highest BCUT2D eigenvalue weighted by molar-refractivity contribution is 7.99. The van der Waals surface area contributed by atoms with Crippen LogP contribution < -0.4 is 19.9 Å². The van der Waals surface area contributed by atoms with Crippen LogP contribution in [0, 0.1) is 0 Å². The normalized spacial score (nSPS) is 11.1. The third-order valence-electron chi connectivity index (χ3n) is 10.2. The third-order valence-corrected chi connectivity index (χ3v) is 14.4. The van der Waals surface area contributed by atoms with E-state index in [0.29, 0.717) is 54.7 Å². The number of nitrogens with zero attached hydrogens (tertiary/aromatic N) is 1. The van der Waals surface area contributed by atoms with Crippen LogP contribution in [0.5, 0.6) is 5.75 Å². The molecule has 0 unspecified atom stereocenters. The molecule has 0 spiro atoms. The highest BCUT2D eigenvalue weighted by Crippen LogP contribution is 2.36. The molecule has 1 aromatic heterocycles. The molecular weight excluding hydrogens is 996 g/mol. The molecule has 0 aliphatic carbocycles. The Kier molecular flexibility index (Phi) is 18.6. The van der Waals surface area contributed by atoms with Gasteiger partial charge in [-0.25, -0.2) is 21.8 Å². The fourth-order valence-electron chi connectivity index (χ4n) is 6.58. The number of nitrogens with one attached hydrogen (secondary N) is 2. The second kappa shape index (κ2) is 24.8. The first-order valence-corrected chi connectivity index (χ1v) is 26.6. The maximum Gasteiger partial charge on any atom is 0.261 e. The lowest BCUT2D eigenvalue weighted by Crippen LogP contribution is -2.16. The molecule has 4 N–H and O–H groups in total. The van der Waals surface area contributed by atoms with E-state index in [1.165, 1.54) is 23.9 Å². The minimum atomic E-state index is -3.85. The van der Waals surface area contributed by atoms with E-state index in [1.54, 1.807) is 128 Å². The quantitative estimate of drug-likeness (QED) is 0.0662. The standard InChI is InChI=1S/C22H21NO4S.C20H19ClN2O2S2.C13H10ClNO/c1-16(2)27-18-12-14-19(15-13-18)28(25,26)23-21-11-7-6-10-20(21)22(24)17-8-4-3-5-9-17;1-14(2)15-6-9-17(10-7-15)27(24,25)23-18-11-8-16(21)13-19(18)26-20-5-3-4-12-22-20;14-10-6-7-12(15)11(8-10)13(16)9-4-2-1-3-5-9/h3-16,23H,1-2H3;3-14,23H,1-2H3;1-8H,15H2. The number of anilines is 3. The van der Waals surface area contributed by atoms with E-state index in [9.17, 15) is 26.4 Å². The van der Waals surface area contributed by atoms with Crippen molar-refractivity contribution in [3.05, 3.63) is 232 Å². The van der Waals surface area contributed by atoms with E-state index in [1.807, 2.05) is 68.4 Å². The van der Waals surface area contributed by atoms with Gasteiger partial charge in [0.05, 0.1) is 27.3 Å². The SMILES string of the molecule is CC(C)Oc1ccc(S(=O)(=O)Nc2ccccc2C(=O)c2ccccc2)cc1.CC(C)c1ccc(S(=O)(=O)Nc2ccc(Cl)cc2Sc2ccccn2)cc1.Nc1ccc(Cl)cc1C(=O)c1ccccc1. The van der Waals surface area contributed by atoms with Crippen molar-refractivity contribution in [3.63, 3.8) is 0 Å². The van der Waals surface area contributed by atoms with Gasteiger partial charge >= 0.3 is 0 Å². The summed E-state index contributed by atoms with van der Waals surface area (Å²) in [5, 5.41) is 1.78. The Bertz CT molecular complexity index is 3290. The Labute approximate surface area is 429 Å². The first-order chi connectivity index (χ1) is 33.9. The Morgan fingerprint density at radius 1 is 0.563 bits per heavy atom. The number of nitrogen functional groups attached to an aromatic ring is 1. The minimum Gasteiger partial charge on any atom is -0.491 e. The van der Waals surface area contributed by atoms with Crippen molar-refractivity contribution in [1.29, 1.82) is 0 Å². The molecule has 0 aliphatic heterocycles. The van der Waals surface area contributed by atoms with E-state index >= 15 is 0 Å². The van der Waals surface area contributed by atoms with Gasteiger partial charge in [0.2, 0.25) is 0 Å². The Balaban J connectivity index is 0.000000181. The molecule has 1 heterocycles. The number of benzene rings is 7. The van der Waals surface area contributed by atoms with Gasteiger partial charge in [-0.1, -0.05) is 140 Å². The second-order valence-corrected chi connectivity index (χ2v) is 21.5. The molecule has 0 radical (unpaired) electrons. The summed E-state index contributed by atoms with van der Waals surface area (Å²) in [7, 11) is -7.56. The molecule has 8 aromatic rings. The molecule has 0 saturated carbocycles. The number of hydrogen-bond acceptors (Lipinski definition) is 10. The topological polar surface area (TPSA) is 175 Å². The van der Waals surface area contributed by atoms with Crippen LogP contribution in [0.2, 0.25) is 10.0 Å². The van der Waals surface area contributed by atoms with Crippen molar-refractivity contribution in [2.75, 3.05) is 15.2 Å². The molecule has 0 saturated heterocycles. The molecule has 8 rings (SSSR count). The molecule has 0 atom stereocenters. The molecule has 0 aliphatic rings. The molecule has 0 amide bonds. The predicted octanol–water partition coefficient (Wildman–Crippen LogP) is 13.5. The summed E-state index contributed by atoms with van der Waals surface area (Å²) in [5.74, 6) is 0.571. The molecule has 16 heteroatoms. The van der Waals surface area contributed by atoms with Crippen molar-refractivity contribution in [3.8, 4) is 5.75 Å². The van der Waals surface area contributed by atoms with Crippen LogP contribution in [-0.2, 0) is 20.0 Å². The number of rotatable bonds is 15. The van der Waals surface area contributed by atoms with Gasteiger partial charge in [0.1, 0.15) is 10.8 Å². The van der Waals surface area contributed by atoms with Crippen molar-refractivity contribution in [2.24, 2.45) is 0 Å². The van der Waals surface area contributed by atoms with Crippen LogP contribution in [-0.4, -0.2) is 39.5 Å². The Morgan fingerprint density at radius 3 is 1.63 bits per heavy atom. The largest absolute Gasteiger partial charge is 0.491 e. The molecule has 0 bridgehead atoms. The zero-order valence-electron chi connectivity index (χ0n) is 39.0. The lowest BCUT2D eigenvalue weighted by molar-refractivity contribution is 0.103. The number of sulfonamides is 2. The molecule has 71 heavy (non-hydrogen) atoms. The summed E-state index contributed by atoms with van der Waals surface area (Å²) in [6, 6.07) is 52.9. The van der Waals surface area contributed by atoms with Gasteiger partial charge in [-0.05, 0) is 122 Å². The number of aromatic nitrogens is 1. The predicted molar refractivity (Wildman–Crippen MR) is 286 cm³/mol. The van der Waals surface area contributed by atoms with Crippen molar-refractivity contribution in [1.82, 2.24) is 4.98 Å². The van der Waals surface area contributed by atoms with Crippen molar-refractivity contribution < 1.29 is 31.2 Å². The lowest BCUT2D eigenvalue weighted by atomic mass is 10.0. The molecule has 364 valence electrons. The number of halogens is 2. The highest BCUT2D eigenvalue weighted by atomic mass is 35.5. The van der Waals surface area contributed by atoms with Gasteiger partial charge in [-0.15, -0.1) is 0 Å². The summed E-state index contributed by atoms with van der Waals surface area (Å²) in [6.07, 6.45) is 1.68. The Hall–Kier alpha value is -6.94. The fraction of sp³-hybridized carbons (Fsp3) is 0.109. The van der Waals surface area contributed by atoms with Gasteiger partial charge < -0.3 is 10.5 Å². The zero-order valence-corrected chi connectivity index (χ0v) is 43.0. The van der Waals surface area contributed by atoms with Crippen LogP contribution in [0.3, 0.4) is 0 Å². The number of ether oxygens (including phenoxy) is 1. The average Bonchev–Trinajstić information content (AvgIpc) is 3.36. The number of para-hydroxylation sites is 1. The first kappa shape index (κ1) is 53.4. The fourth-order valence-corrected chi connectivity index (χ4v) is 10.1. The van der Waals surface area contributed by atoms with Crippen LogP contribution in [0.1, 0.15) is 71.0 Å². The zero-order chi connectivity index (χ0) is 51.1. The van der Waals surface area contributed by atoms with Crippen LogP contribution in [0.4, 0.5) is 17.1 Å². The number of carbonyl (C=O) groups is 2. The van der Waals surface area contributed by atoms with Crippen molar-refractivity contribution >= 4 is 83.6 Å². The van der Waals surface area contributed by atoms with E-state index in [2.05, 4.69) is 28.3 Å². The first-order valence-electron chi connectivity index (χ1n) is 22.0. The van der Waals surface area contributed by atoms with Gasteiger partial charge in [0.25, 0.3) is 20.0 Å². The molecule has 11 nitrogen and oxygen atoms in total. The maximum atomic E-state index is 12.8. The lowest BCUT2D eigenvalue weighted by Gasteiger charge is -2.13. The summed E-state index contributed by atoms with van der Waals surface area (Å²) >= 11 is 13.3. The minimum absolute atomic E-state index is 0.00328. The number of nitrogens with two attached hydrogens (primary N) is 1. The van der Waals surface area contributed by atoms with Crippen molar-refractivity contribution in [2.45, 2.75) is 59.4 Å². The smallest absolute Gasteiger partial charge is 0.261 e. The summed E-state index contributed by atoms with van der Waals surface area (Å²) in [6.45, 7) is 7.92. The summed E-state index contributed by atoms with van der Waals surface area (Å²) < 4.78 is 61.9. The summed E-state index contributed by atoms with van der Waals surface area (Å²) in [4.78, 5) is 30.1. The number of carbonyl (C=O) groups excluding carboxylic acids is 2.